The molecule has 0 radical (unpaired) electrons. The second-order valence-electron chi connectivity index (χ2n) is 11.7. The van der Waals surface area contributed by atoms with E-state index in [9.17, 15) is 0 Å². The van der Waals surface area contributed by atoms with Crippen molar-refractivity contribution in [1.29, 1.82) is 0 Å². The van der Waals surface area contributed by atoms with E-state index in [0.717, 1.165) is 0 Å². The number of rotatable bonds is 4. The summed E-state index contributed by atoms with van der Waals surface area (Å²) < 4.78 is 4.69. The van der Waals surface area contributed by atoms with Crippen molar-refractivity contribution in [2.75, 3.05) is 0 Å². The van der Waals surface area contributed by atoms with Gasteiger partial charge < -0.3 is 0 Å². The number of halogens is 3. The summed E-state index contributed by atoms with van der Waals surface area (Å²) in [6.07, 6.45) is 2.41. The zero-order valence-electron chi connectivity index (χ0n) is 21.2. The highest BCUT2D eigenvalue weighted by Gasteiger charge is 2.21. The molecule has 168 valence electrons. The van der Waals surface area contributed by atoms with Crippen molar-refractivity contribution in [3.8, 4) is 11.5 Å². The first-order valence-corrected chi connectivity index (χ1v) is 27.4. The van der Waals surface area contributed by atoms with E-state index in [0.29, 0.717) is 0 Å². The quantitative estimate of drug-likeness (QED) is 0.115. The largest absolute Gasteiger partial charge is 0.129 e. The SMILES string of the molecule is C/C(C#C[Si](C)(C)C)=C(/I)[Si](C)(C)C.CC(/C=C(\I)[Si](C)(C)C)=C(/I)[Si](C)(C)C. The third-order valence-electron chi connectivity index (χ3n) is 3.68. The van der Waals surface area contributed by atoms with Crippen LogP contribution in [0.5, 0.6) is 0 Å². The van der Waals surface area contributed by atoms with E-state index in [4.69, 9.17) is 0 Å². The zero-order valence-corrected chi connectivity index (χ0v) is 31.7. The Bertz CT molecular complexity index is 709. The van der Waals surface area contributed by atoms with Crippen molar-refractivity contribution in [2.45, 2.75) is 92.4 Å². The van der Waals surface area contributed by atoms with Crippen molar-refractivity contribution >= 4 is 100 Å². The second-order valence-corrected chi connectivity index (χ2v) is 37.8. The first-order valence-electron chi connectivity index (χ1n) is 10.1. The molecule has 29 heavy (non-hydrogen) atoms. The van der Waals surface area contributed by atoms with Gasteiger partial charge in [0.25, 0.3) is 0 Å². The summed E-state index contributed by atoms with van der Waals surface area (Å²) in [5, 5.41) is 0. The number of hydrogen-bond donors (Lipinski definition) is 0. The van der Waals surface area contributed by atoms with Crippen molar-refractivity contribution in [3.05, 3.63) is 26.8 Å². The lowest BCUT2D eigenvalue weighted by molar-refractivity contribution is 1.51. The molecule has 0 N–H and O–H groups in total. The third kappa shape index (κ3) is 16.2. The molecule has 0 saturated heterocycles. The molecule has 0 saturated carbocycles. The third-order valence-corrected chi connectivity index (χ3v) is 26.1. The van der Waals surface area contributed by atoms with Crippen LogP contribution in [0.4, 0.5) is 0 Å². The Morgan fingerprint density at radius 2 is 1.00 bits per heavy atom. The molecule has 0 bridgehead atoms. The molecule has 0 aliphatic heterocycles. The molecular weight excluding hydrogens is 757 g/mol. The van der Waals surface area contributed by atoms with Gasteiger partial charge in [-0.05, 0) is 29.0 Å². The molecule has 0 rings (SSSR count). The topological polar surface area (TPSA) is 0 Å². The maximum atomic E-state index is 3.42. The summed E-state index contributed by atoms with van der Waals surface area (Å²) in [4.78, 5) is 0. The van der Waals surface area contributed by atoms with Gasteiger partial charge in [0.2, 0.25) is 0 Å². The molecule has 0 amide bonds. The molecule has 0 aliphatic rings. The minimum absolute atomic E-state index is 1.10. The summed E-state index contributed by atoms with van der Waals surface area (Å²) in [5.74, 6) is 3.35. The highest BCUT2D eigenvalue weighted by atomic mass is 127. The lowest BCUT2D eigenvalue weighted by Crippen LogP contribution is -2.22. The summed E-state index contributed by atoms with van der Waals surface area (Å²) in [6.45, 7) is 32.8. The molecule has 0 unspecified atom stereocenters. The second kappa shape index (κ2) is 12.9. The van der Waals surface area contributed by atoms with Crippen LogP contribution in [0.25, 0.3) is 0 Å². The molecule has 0 aromatic carbocycles. The molecule has 0 aromatic heterocycles. The Balaban J connectivity index is 0. The maximum absolute atomic E-state index is 3.42. The maximum Gasteiger partial charge on any atom is 0.129 e. The number of allylic oxidation sites excluding steroid dienone is 3. The Hall–Kier alpha value is 1.84. The summed E-state index contributed by atoms with van der Waals surface area (Å²) in [6, 6.07) is 0. The van der Waals surface area contributed by atoms with Gasteiger partial charge in [-0.1, -0.05) is 158 Å². The fourth-order valence-electron chi connectivity index (χ4n) is 1.96. The van der Waals surface area contributed by atoms with Gasteiger partial charge in [0.15, 0.2) is 0 Å². The minimum Gasteiger partial charge on any atom is -0.127 e. The lowest BCUT2D eigenvalue weighted by Gasteiger charge is -2.19. The molecule has 0 aliphatic carbocycles. The first kappa shape index (κ1) is 33.0. The average molecular weight is 801 g/mol. The highest BCUT2D eigenvalue weighted by Crippen LogP contribution is 2.29. The van der Waals surface area contributed by atoms with Gasteiger partial charge >= 0.3 is 0 Å². The average Bonchev–Trinajstić information content (AvgIpc) is 2.48. The zero-order chi connectivity index (χ0) is 24.0. The normalized spacial score (nSPS) is 15.4. The van der Waals surface area contributed by atoms with E-state index in [1.54, 1.807) is 6.41 Å². The Labute approximate surface area is 228 Å². The smallest absolute Gasteiger partial charge is 0.127 e. The molecule has 0 fully saturated rings. The van der Waals surface area contributed by atoms with Gasteiger partial charge in [0.05, 0.1) is 24.2 Å². The van der Waals surface area contributed by atoms with Crippen LogP contribution >= 0.6 is 67.8 Å². The monoisotopic (exact) mass is 800 g/mol. The predicted molar refractivity (Wildman–Crippen MR) is 177 cm³/mol. The van der Waals surface area contributed by atoms with Crippen molar-refractivity contribution in [2.24, 2.45) is 0 Å². The van der Waals surface area contributed by atoms with E-state index in [1.807, 2.05) is 0 Å². The Morgan fingerprint density at radius 3 is 1.28 bits per heavy atom. The summed E-state index contributed by atoms with van der Waals surface area (Å²) >= 11 is 7.55. The van der Waals surface area contributed by atoms with Crippen LogP contribution < -0.4 is 0 Å². The van der Waals surface area contributed by atoms with Crippen LogP contribution in [-0.2, 0) is 0 Å². The van der Waals surface area contributed by atoms with E-state index in [1.165, 1.54) is 14.3 Å². The Kier molecular flexibility index (Phi) is 14.7. The van der Waals surface area contributed by atoms with Crippen molar-refractivity contribution < 1.29 is 0 Å². The predicted octanol–water partition coefficient (Wildman–Crippen LogP) is 10.2. The molecule has 0 nitrogen and oxygen atoms in total. The Morgan fingerprint density at radius 1 is 0.621 bits per heavy atom. The van der Waals surface area contributed by atoms with Crippen LogP contribution in [0, 0.1) is 11.5 Å². The van der Waals surface area contributed by atoms with Gasteiger partial charge in [-0.25, -0.2) is 0 Å². The molecule has 0 heterocycles. The van der Waals surface area contributed by atoms with Crippen LogP contribution in [0.2, 0.25) is 78.6 Å². The van der Waals surface area contributed by atoms with Crippen LogP contribution in [-0.4, -0.2) is 32.3 Å². The molecule has 0 aromatic rings. The van der Waals surface area contributed by atoms with E-state index < -0.39 is 32.3 Å². The standard InChI is InChI=1S/C11H22I2Si2.C11H21ISi2/c1-9(11(13)15(5,6)7)8-10(12)14(2,3)4;1-10(8-9-13(2,3)4)11(12)14(5,6)7/h8H,1-7H3;1-7H3/b10-8+,11-9+;11-10+. The number of hydrogen-bond acceptors (Lipinski definition) is 0. The van der Waals surface area contributed by atoms with E-state index in [2.05, 4.69) is 178 Å². The van der Waals surface area contributed by atoms with Gasteiger partial charge in [0, 0.05) is 5.57 Å². The van der Waals surface area contributed by atoms with Crippen molar-refractivity contribution in [3.63, 3.8) is 0 Å². The molecular formula is C22H43I3Si4. The van der Waals surface area contributed by atoms with Gasteiger partial charge in [-0.3, -0.25) is 0 Å². The minimum atomic E-state index is -1.21. The molecule has 7 heteroatoms. The fourth-order valence-corrected chi connectivity index (χ4v) is 6.37. The van der Waals surface area contributed by atoms with E-state index >= 15 is 0 Å². The van der Waals surface area contributed by atoms with Gasteiger partial charge in [0.1, 0.15) is 8.07 Å². The summed E-state index contributed by atoms with van der Waals surface area (Å²) in [5.41, 5.74) is 6.21. The summed E-state index contributed by atoms with van der Waals surface area (Å²) in [7, 11) is -4.57. The highest BCUT2D eigenvalue weighted by molar-refractivity contribution is 14.1. The van der Waals surface area contributed by atoms with Crippen LogP contribution in [0.15, 0.2) is 26.8 Å². The van der Waals surface area contributed by atoms with Crippen LogP contribution in [0.3, 0.4) is 0 Å². The lowest BCUT2D eigenvalue weighted by atomic mass is 10.4. The van der Waals surface area contributed by atoms with Gasteiger partial charge in [-0.15, -0.1) is 5.54 Å². The van der Waals surface area contributed by atoms with E-state index in [-0.39, 0.29) is 0 Å². The van der Waals surface area contributed by atoms with Gasteiger partial charge in [-0.2, -0.15) is 0 Å². The van der Waals surface area contributed by atoms with Crippen LogP contribution in [0.1, 0.15) is 13.8 Å². The first-order chi connectivity index (χ1) is 12.5. The molecule has 0 atom stereocenters. The van der Waals surface area contributed by atoms with Crippen molar-refractivity contribution in [1.82, 2.24) is 0 Å². The fraction of sp³-hybridized carbons (Fsp3) is 0.636. The molecule has 0 spiro atoms.